The molecular weight excluding hydrogens is 348 g/mol. The number of hydrogen-bond donors (Lipinski definition) is 1. The van der Waals surface area contributed by atoms with E-state index in [4.69, 9.17) is 9.84 Å². The van der Waals surface area contributed by atoms with Gasteiger partial charge in [0, 0.05) is 44.4 Å². The minimum atomic E-state index is -1.03. The van der Waals surface area contributed by atoms with Gasteiger partial charge in [0.05, 0.1) is 23.1 Å². The lowest BCUT2D eigenvalue weighted by Gasteiger charge is -2.32. The zero-order valence-electron chi connectivity index (χ0n) is 15.2. The quantitative estimate of drug-likeness (QED) is 0.824. The van der Waals surface area contributed by atoms with Crippen molar-refractivity contribution in [3.63, 3.8) is 0 Å². The Labute approximate surface area is 157 Å². The zero-order valence-corrected chi connectivity index (χ0v) is 15.2. The largest absolute Gasteiger partial charge is 0.478 e. The lowest BCUT2D eigenvalue weighted by Crippen LogP contribution is -2.42. The van der Waals surface area contributed by atoms with Crippen LogP contribution in [0.2, 0.25) is 0 Å². The first-order valence-electron chi connectivity index (χ1n) is 8.83. The molecule has 2 aromatic heterocycles. The molecule has 1 N–H and O–H groups in total. The van der Waals surface area contributed by atoms with Gasteiger partial charge in [-0.1, -0.05) is 0 Å². The fourth-order valence-electron chi connectivity index (χ4n) is 3.27. The molecule has 1 atom stereocenters. The normalized spacial score (nSPS) is 16.9. The number of likely N-dealkylation sites (tertiary alicyclic amines) is 1. The summed E-state index contributed by atoms with van der Waals surface area (Å²) in [5.41, 5.74) is 2.16. The first-order valence-corrected chi connectivity index (χ1v) is 8.83. The van der Waals surface area contributed by atoms with E-state index in [2.05, 4.69) is 15.0 Å². The van der Waals surface area contributed by atoms with Crippen molar-refractivity contribution in [2.45, 2.75) is 19.3 Å². The Bertz CT molecular complexity index is 810. The second-order valence-electron chi connectivity index (χ2n) is 6.65. The highest BCUT2D eigenvalue weighted by molar-refractivity contribution is 5.88. The number of ether oxygens (including phenoxy) is 1. The monoisotopic (exact) mass is 370 g/mol. The lowest BCUT2D eigenvalue weighted by molar-refractivity contribution is -0.136. The van der Waals surface area contributed by atoms with Gasteiger partial charge in [-0.15, -0.1) is 0 Å². The number of nitrogens with zero attached hydrogens (tertiary/aromatic N) is 4. The molecule has 1 aliphatic rings. The van der Waals surface area contributed by atoms with Crippen LogP contribution in [0.4, 0.5) is 0 Å². The number of amides is 1. The predicted molar refractivity (Wildman–Crippen MR) is 97.1 cm³/mol. The van der Waals surface area contributed by atoms with Crippen molar-refractivity contribution >= 4 is 11.9 Å². The van der Waals surface area contributed by atoms with Crippen LogP contribution in [-0.4, -0.2) is 63.6 Å². The summed E-state index contributed by atoms with van der Waals surface area (Å²) in [5.74, 6) is -0.662. The fourth-order valence-corrected chi connectivity index (χ4v) is 3.27. The van der Waals surface area contributed by atoms with Crippen LogP contribution < -0.4 is 0 Å². The number of carbonyl (C=O) groups excluding carboxylic acids is 1. The molecule has 1 amide bonds. The van der Waals surface area contributed by atoms with Gasteiger partial charge in [-0.3, -0.25) is 19.7 Å². The highest BCUT2D eigenvalue weighted by atomic mass is 16.5. The van der Waals surface area contributed by atoms with Crippen molar-refractivity contribution in [3.05, 3.63) is 42.1 Å². The van der Waals surface area contributed by atoms with Gasteiger partial charge in [0.1, 0.15) is 6.61 Å². The van der Waals surface area contributed by atoms with Crippen LogP contribution in [0.1, 0.15) is 28.9 Å². The van der Waals surface area contributed by atoms with Crippen LogP contribution in [0.15, 0.2) is 30.9 Å². The van der Waals surface area contributed by atoms with E-state index in [9.17, 15) is 9.59 Å². The Kier molecular flexibility index (Phi) is 6.08. The van der Waals surface area contributed by atoms with Crippen LogP contribution in [0, 0.1) is 5.92 Å². The van der Waals surface area contributed by atoms with Crippen molar-refractivity contribution in [2.75, 3.05) is 26.8 Å². The minimum Gasteiger partial charge on any atom is -0.478 e. The fraction of sp³-hybridized carbons (Fsp3) is 0.421. The topological polar surface area (TPSA) is 106 Å². The SMILES string of the molecule is COCC(=O)N1CCCC(Cc2cnc(-c3cncc(C(=O)O)c3)cn2)C1. The second kappa shape index (κ2) is 8.68. The molecule has 1 saturated heterocycles. The number of pyridine rings is 1. The molecule has 1 fully saturated rings. The van der Waals surface area contributed by atoms with E-state index in [1.54, 1.807) is 18.6 Å². The van der Waals surface area contributed by atoms with E-state index in [-0.39, 0.29) is 18.1 Å². The van der Waals surface area contributed by atoms with E-state index in [1.807, 2.05) is 4.90 Å². The van der Waals surface area contributed by atoms with Crippen LogP contribution in [0.3, 0.4) is 0 Å². The Balaban J connectivity index is 1.65. The van der Waals surface area contributed by atoms with Crippen LogP contribution in [0.5, 0.6) is 0 Å². The van der Waals surface area contributed by atoms with Gasteiger partial charge in [-0.05, 0) is 31.2 Å². The zero-order chi connectivity index (χ0) is 19.2. The number of aromatic carboxylic acids is 1. The van der Waals surface area contributed by atoms with Crippen molar-refractivity contribution in [1.29, 1.82) is 0 Å². The third-order valence-corrected chi connectivity index (χ3v) is 4.62. The van der Waals surface area contributed by atoms with E-state index < -0.39 is 5.97 Å². The smallest absolute Gasteiger partial charge is 0.337 e. The molecule has 2 aromatic rings. The third kappa shape index (κ3) is 4.85. The molecule has 142 valence electrons. The molecule has 8 heteroatoms. The van der Waals surface area contributed by atoms with Crippen molar-refractivity contribution in [3.8, 4) is 11.3 Å². The van der Waals surface area contributed by atoms with E-state index >= 15 is 0 Å². The summed E-state index contributed by atoms with van der Waals surface area (Å²) < 4.78 is 4.93. The van der Waals surface area contributed by atoms with Gasteiger partial charge in [0.2, 0.25) is 5.91 Å². The van der Waals surface area contributed by atoms with Gasteiger partial charge >= 0.3 is 5.97 Å². The molecule has 0 aromatic carbocycles. The standard InChI is InChI=1S/C19H22N4O4/c1-27-12-18(24)23-4-2-3-13(11-23)5-16-9-22-17(10-21-16)14-6-15(19(25)26)8-20-7-14/h6-10,13H,2-5,11-12H2,1H3,(H,25,26). The number of carboxylic acids is 1. The number of rotatable bonds is 6. The first kappa shape index (κ1) is 18.9. The number of carbonyl (C=O) groups is 2. The van der Waals surface area contributed by atoms with E-state index in [1.165, 1.54) is 19.4 Å². The molecule has 3 rings (SSSR count). The third-order valence-electron chi connectivity index (χ3n) is 4.62. The van der Waals surface area contributed by atoms with Crippen LogP contribution in [-0.2, 0) is 16.0 Å². The Morgan fingerprint density at radius 1 is 1.26 bits per heavy atom. The second-order valence-corrected chi connectivity index (χ2v) is 6.65. The Morgan fingerprint density at radius 3 is 2.81 bits per heavy atom. The Morgan fingerprint density at radius 2 is 2.11 bits per heavy atom. The van der Waals surface area contributed by atoms with Gasteiger partial charge in [0.15, 0.2) is 0 Å². The number of carboxylic acid groups (broad SMARTS) is 1. The van der Waals surface area contributed by atoms with Crippen LogP contribution in [0.25, 0.3) is 11.3 Å². The van der Waals surface area contributed by atoms with E-state index in [0.29, 0.717) is 23.7 Å². The number of hydrogen-bond acceptors (Lipinski definition) is 6. The van der Waals surface area contributed by atoms with Crippen molar-refractivity contribution < 1.29 is 19.4 Å². The Hall–Kier alpha value is -2.87. The van der Waals surface area contributed by atoms with Crippen molar-refractivity contribution in [1.82, 2.24) is 19.9 Å². The summed E-state index contributed by atoms with van der Waals surface area (Å²) in [5, 5.41) is 9.06. The summed E-state index contributed by atoms with van der Waals surface area (Å²) in [6.45, 7) is 1.59. The van der Waals surface area contributed by atoms with Gasteiger partial charge in [0.25, 0.3) is 0 Å². The predicted octanol–water partition coefficient (Wildman–Crippen LogP) is 1.66. The average molecular weight is 370 g/mol. The number of methoxy groups -OCH3 is 1. The summed E-state index contributed by atoms with van der Waals surface area (Å²) >= 11 is 0. The molecule has 8 nitrogen and oxygen atoms in total. The van der Waals surface area contributed by atoms with Gasteiger partial charge in [-0.2, -0.15) is 0 Å². The molecule has 3 heterocycles. The maximum Gasteiger partial charge on any atom is 0.337 e. The summed E-state index contributed by atoms with van der Waals surface area (Å²) in [4.78, 5) is 37.7. The van der Waals surface area contributed by atoms with E-state index in [0.717, 1.165) is 31.5 Å². The van der Waals surface area contributed by atoms with Crippen LogP contribution >= 0.6 is 0 Å². The van der Waals surface area contributed by atoms with Gasteiger partial charge in [-0.25, -0.2) is 4.79 Å². The highest BCUT2D eigenvalue weighted by Crippen LogP contribution is 2.21. The van der Waals surface area contributed by atoms with Gasteiger partial charge < -0.3 is 14.7 Å². The first-order chi connectivity index (χ1) is 13.1. The molecule has 27 heavy (non-hydrogen) atoms. The molecule has 1 unspecified atom stereocenters. The number of aromatic nitrogens is 3. The molecule has 0 spiro atoms. The lowest BCUT2D eigenvalue weighted by atomic mass is 9.93. The maximum absolute atomic E-state index is 12.0. The molecule has 0 aliphatic carbocycles. The molecule has 1 aliphatic heterocycles. The van der Waals surface area contributed by atoms with Crippen molar-refractivity contribution in [2.24, 2.45) is 5.92 Å². The summed E-state index contributed by atoms with van der Waals surface area (Å²) in [6.07, 6.45) is 8.97. The molecule has 0 radical (unpaired) electrons. The summed E-state index contributed by atoms with van der Waals surface area (Å²) in [7, 11) is 1.53. The average Bonchev–Trinajstić information content (AvgIpc) is 2.69. The summed E-state index contributed by atoms with van der Waals surface area (Å²) in [6, 6.07) is 1.53. The minimum absolute atomic E-state index is 0.0226. The highest BCUT2D eigenvalue weighted by Gasteiger charge is 2.24. The molecule has 0 bridgehead atoms. The number of piperidine rings is 1. The molecular formula is C19H22N4O4. The maximum atomic E-state index is 12.0. The molecule has 0 saturated carbocycles.